The van der Waals surface area contributed by atoms with E-state index in [-0.39, 0.29) is 5.91 Å². The molecule has 2 saturated carbocycles. The predicted molar refractivity (Wildman–Crippen MR) is 92.8 cm³/mol. The summed E-state index contributed by atoms with van der Waals surface area (Å²) in [7, 11) is 0. The first-order valence-electron chi connectivity index (χ1n) is 8.19. The molecule has 1 amide bonds. The molecule has 2 fully saturated rings. The molecule has 0 unspecified atom stereocenters. The smallest absolute Gasteiger partial charge is 0.277 e. The fourth-order valence-electron chi connectivity index (χ4n) is 3.77. The first-order valence-corrected chi connectivity index (χ1v) is 9.55. The van der Waals surface area contributed by atoms with E-state index in [9.17, 15) is 4.79 Å². The van der Waals surface area contributed by atoms with Crippen LogP contribution in [0.1, 0.15) is 25.7 Å². The van der Waals surface area contributed by atoms with Crippen LogP contribution in [0.5, 0.6) is 0 Å². The zero-order chi connectivity index (χ0) is 16.5. The Morgan fingerprint density at radius 3 is 2.79 bits per heavy atom. The molecule has 4 rings (SSSR count). The number of rotatable bonds is 5. The molecule has 126 valence electrons. The van der Waals surface area contributed by atoms with Gasteiger partial charge < -0.3 is 9.73 Å². The third kappa shape index (κ3) is 3.44. The highest BCUT2D eigenvalue weighted by Crippen LogP contribution is 2.44. The average molecular weight is 364 g/mol. The normalized spacial score (nSPS) is 25.1. The summed E-state index contributed by atoms with van der Waals surface area (Å²) in [6.07, 6.45) is 5.02. The number of benzene rings is 1. The lowest BCUT2D eigenvalue weighted by Crippen LogP contribution is -2.39. The predicted octanol–water partition coefficient (Wildman–Crippen LogP) is 3.79. The van der Waals surface area contributed by atoms with Crippen LogP contribution >= 0.6 is 23.4 Å². The van der Waals surface area contributed by atoms with Gasteiger partial charge in [0.15, 0.2) is 0 Å². The second kappa shape index (κ2) is 6.76. The Labute approximate surface area is 149 Å². The molecule has 0 spiro atoms. The van der Waals surface area contributed by atoms with Crippen molar-refractivity contribution in [1.29, 1.82) is 0 Å². The molecule has 0 saturated heterocycles. The van der Waals surface area contributed by atoms with Gasteiger partial charge in [-0.05, 0) is 55.4 Å². The quantitative estimate of drug-likeness (QED) is 0.818. The van der Waals surface area contributed by atoms with Gasteiger partial charge in [0.1, 0.15) is 0 Å². The Kier molecular flexibility index (Phi) is 4.50. The Hall–Kier alpha value is -1.53. The SMILES string of the molecule is O=C(CSc1nnc(-c2ccc(Cl)cc2)o1)N[C@@H]1C[C@H]2CC[C@@H]1C2. The molecule has 7 heteroatoms. The lowest BCUT2D eigenvalue weighted by atomic mass is 9.95. The van der Waals surface area contributed by atoms with Crippen molar-refractivity contribution in [3.05, 3.63) is 29.3 Å². The van der Waals surface area contributed by atoms with E-state index >= 15 is 0 Å². The zero-order valence-corrected chi connectivity index (χ0v) is 14.6. The molecular weight excluding hydrogens is 346 g/mol. The fourth-order valence-corrected chi connectivity index (χ4v) is 4.47. The molecule has 2 aliphatic rings. The molecule has 3 atom stereocenters. The third-order valence-electron chi connectivity index (χ3n) is 4.91. The van der Waals surface area contributed by atoms with Crippen molar-refractivity contribution < 1.29 is 9.21 Å². The zero-order valence-electron chi connectivity index (χ0n) is 13.1. The molecular formula is C17H18ClN3O2S. The van der Waals surface area contributed by atoms with Gasteiger partial charge in [-0.2, -0.15) is 0 Å². The highest BCUT2D eigenvalue weighted by atomic mass is 35.5. The maximum absolute atomic E-state index is 12.1. The summed E-state index contributed by atoms with van der Waals surface area (Å²) in [5.41, 5.74) is 0.810. The molecule has 0 aliphatic heterocycles. The van der Waals surface area contributed by atoms with Crippen LogP contribution in [0.4, 0.5) is 0 Å². The number of carbonyl (C=O) groups is 1. The van der Waals surface area contributed by atoms with Crippen LogP contribution in [0.3, 0.4) is 0 Å². The van der Waals surface area contributed by atoms with Crippen LogP contribution in [0.2, 0.25) is 5.02 Å². The molecule has 1 heterocycles. The van der Waals surface area contributed by atoms with Gasteiger partial charge >= 0.3 is 0 Å². The van der Waals surface area contributed by atoms with E-state index in [0.29, 0.717) is 33.8 Å². The molecule has 0 radical (unpaired) electrons. The lowest BCUT2D eigenvalue weighted by molar-refractivity contribution is -0.119. The summed E-state index contributed by atoms with van der Waals surface area (Å²) in [5.74, 6) is 2.29. The van der Waals surface area contributed by atoms with Crippen LogP contribution in [0, 0.1) is 11.8 Å². The van der Waals surface area contributed by atoms with Gasteiger partial charge in [0.2, 0.25) is 11.8 Å². The van der Waals surface area contributed by atoms with Gasteiger partial charge in [-0.1, -0.05) is 29.8 Å². The second-order valence-corrected chi connectivity index (χ2v) is 7.88. The van der Waals surface area contributed by atoms with Crippen molar-refractivity contribution in [2.75, 3.05) is 5.75 Å². The molecule has 1 aromatic carbocycles. The fraction of sp³-hybridized carbons (Fsp3) is 0.471. The average Bonchev–Trinajstić information content (AvgIpc) is 3.30. The van der Waals surface area contributed by atoms with Crippen molar-refractivity contribution in [2.45, 2.75) is 36.9 Å². The highest BCUT2D eigenvalue weighted by Gasteiger charge is 2.40. The molecule has 2 aromatic rings. The van der Waals surface area contributed by atoms with Gasteiger partial charge in [0, 0.05) is 16.6 Å². The minimum atomic E-state index is 0.0452. The molecule has 2 aliphatic carbocycles. The van der Waals surface area contributed by atoms with E-state index in [1.165, 1.54) is 31.0 Å². The maximum Gasteiger partial charge on any atom is 0.277 e. The van der Waals surface area contributed by atoms with E-state index in [2.05, 4.69) is 15.5 Å². The topological polar surface area (TPSA) is 68.0 Å². The van der Waals surface area contributed by atoms with E-state index in [1.54, 1.807) is 12.1 Å². The number of fused-ring (bicyclic) bond motifs is 2. The summed E-state index contributed by atoms with van der Waals surface area (Å²) in [6.45, 7) is 0. The van der Waals surface area contributed by atoms with Gasteiger partial charge in [0.05, 0.1) is 5.75 Å². The summed E-state index contributed by atoms with van der Waals surface area (Å²) >= 11 is 7.14. The lowest BCUT2D eigenvalue weighted by Gasteiger charge is -2.22. The third-order valence-corrected chi connectivity index (χ3v) is 5.98. The van der Waals surface area contributed by atoms with Crippen LogP contribution in [-0.4, -0.2) is 27.9 Å². The van der Waals surface area contributed by atoms with E-state index in [4.69, 9.17) is 16.0 Å². The number of aromatic nitrogens is 2. The minimum absolute atomic E-state index is 0.0452. The van der Waals surface area contributed by atoms with Gasteiger partial charge in [0.25, 0.3) is 5.22 Å². The number of amides is 1. The Morgan fingerprint density at radius 2 is 2.08 bits per heavy atom. The molecule has 2 bridgehead atoms. The Balaban J connectivity index is 1.30. The van der Waals surface area contributed by atoms with Crippen molar-refractivity contribution in [3.8, 4) is 11.5 Å². The maximum atomic E-state index is 12.1. The largest absolute Gasteiger partial charge is 0.411 e. The molecule has 1 aromatic heterocycles. The van der Waals surface area contributed by atoms with Crippen LogP contribution < -0.4 is 5.32 Å². The van der Waals surface area contributed by atoms with E-state index < -0.39 is 0 Å². The van der Waals surface area contributed by atoms with E-state index in [1.807, 2.05) is 12.1 Å². The first kappa shape index (κ1) is 16.0. The minimum Gasteiger partial charge on any atom is -0.411 e. The molecule has 1 N–H and O–H groups in total. The van der Waals surface area contributed by atoms with Crippen LogP contribution in [0.25, 0.3) is 11.5 Å². The molecule has 5 nitrogen and oxygen atoms in total. The van der Waals surface area contributed by atoms with Crippen LogP contribution in [0.15, 0.2) is 33.9 Å². The standard InChI is InChI=1S/C17H18ClN3O2S/c18-13-5-3-11(4-6-13)16-20-21-17(23-16)24-9-15(22)19-14-8-10-1-2-12(14)7-10/h3-6,10,12,14H,1-2,7-9H2,(H,19,22)/t10-,12+,14+/m0/s1. The van der Waals surface area contributed by atoms with Crippen LogP contribution in [-0.2, 0) is 4.79 Å². The van der Waals surface area contributed by atoms with E-state index in [0.717, 1.165) is 17.9 Å². The summed E-state index contributed by atoms with van der Waals surface area (Å²) < 4.78 is 5.60. The number of hydrogen-bond donors (Lipinski definition) is 1. The number of carbonyl (C=O) groups excluding carboxylic acids is 1. The summed E-state index contributed by atoms with van der Waals surface area (Å²) in [6, 6.07) is 7.56. The summed E-state index contributed by atoms with van der Waals surface area (Å²) in [5, 5.41) is 12.2. The monoisotopic (exact) mass is 363 g/mol. The number of nitrogens with one attached hydrogen (secondary N) is 1. The Morgan fingerprint density at radius 1 is 1.25 bits per heavy atom. The summed E-state index contributed by atoms with van der Waals surface area (Å²) in [4.78, 5) is 12.1. The second-order valence-electron chi connectivity index (χ2n) is 6.52. The van der Waals surface area contributed by atoms with Crippen molar-refractivity contribution in [1.82, 2.24) is 15.5 Å². The first-order chi connectivity index (χ1) is 11.7. The number of nitrogens with zero attached hydrogens (tertiary/aromatic N) is 2. The number of halogens is 1. The van der Waals surface area contributed by atoms with Gasteiger partial charge in [-0.3, -0.25) is 4.79 Å². The number of thioether (sulfide) groups is 1. The van der Waals surface area contributed by atoms with Gasteiger partial charge in [-0.15, -0.1) is 10.2 Å². The van der Waals surface area contributed by atoms with Crippen molar-refractivity contribution >= 4 is 29.3 Å². The highest BCUT2D eigenvalue weighted by molar-refractivity contribution is 7.99. The molecule has 24 heavy (non-hydrogen) atoms. The number of hydrogen-bond acceptors (Lipinski definition) is 5. The van der Waals surface area contributed by atoms with Crippen molar-refractivity contribution in [3.63, 3.8) is 0 Å². The van der Waals surface area contributed by atoms with Crippen molar-refractivity contribution in [2.24, 2.45) is 11.8 Å². The van der Waals surface area contributed by atoms with Gasteiger partial charge in [-0.25, -0.2) is 0 Å². The Bertz CT molecular complexity index is 734.